The molecule has 5 aromatic rings. The number of nitrogen functional groups attached to an aromatic ring is 1. The number of nitrogens with two attached hydrogens (primary N) is 1. The van der Waals surface area contributed by atoms with Crippen molar-refractivity contribution in [1.29, 1.82) is 5.26 Å². The van der Waals surface area contributed by atoms with Crippen LogP contribution in [0.3, 0.4) is 0 Å². The summed E-state index contributed by atoms with van der Waals surface area (Å²) in [5.41, 5.74) is 5.64. The number of alkyl halides is 1. The first kappa shape index (κ1) is 31.4. The Morgan fingerprint density at radius 3 is 2.79 bits per heavy atom. The molecular formula is C34H30ClF3N6O2S2. The predicted molar refractivity (Wildman–Crippen MR) is 184 cm³/mol. The van der Waals surface area contributed by atoms with E-state index >= 15 is 4.39 Å². The Morgan fingerprint density at radius 2 is 2.02 bits per heavy atom. The van der Waals surface area contributed by atoms with Crippen molar-refractivity contribution in [2.45, 2.75) is 50.7 Å². The third kappa shape index (κ3) is 4.79. The Balaban J connectivity index is 1.36. The van der Waals surface area contributed by atoms with E-state index in [9.17, 15) is 14.0 Å². The van der Waals surface area contributed by atoms with Crippen molar-refractivity contribution in [3.8, 4) is 29.0 Å². The van der Waals surface area contributed by atoms with E-state index in [-0.39, 0.29) is 72.7 Å². The van der Waals surface area contributed by atoms with Gasteiger partial charge in [0.25, 0.3) is 0 Å². The molecule has 2 N–H and O–H groups in total. The molecule has 1 unspecified atom stereocenters. The van der Waals surface area contributed by atoms with Crippen molar-refractivity contribution in [3.63, 3.8) is 0 Å². The van der Waals surface area contributed by atoms with E-state index < -0.39 is 23.3 Å². The zero-order valence-electron chi connectivity index (χ0n) is 26.1. The van der Waals surface area contributed by atoms with Gasteiger partial charge in [0.2, 0.25) is 0 Å². The lowest BCUT2D eigenvalue weighted by atomic mass is 9.95. The molecule has 48 heavy (non-hydrogen) atoms. The number of ether oxygens (including phenoxy) is 2. The molecule has 0 amide bonds. The molecule has 2 atom stereocenters. The van der Waals surface area contributed by atoms with Crippen LogP contribution >= 0.6 is 34.3 Å². The van der Waals surface area contributed by atoms with Gasteiger partial charge in [0.15, 0.2) is 17.4 Å². The van der Waals surface area contributed by atoms with Crippen LogP contribution in [0.2, 0.25) is 5.02 Å². The van der Waals surface area contributed by atoms with Crippen LogP contribution in [0.15, 0.2) is 24.3 Å². The summed E-state index contributed by atoms with van der Waals surface area (Å²) >= 11 is 9.55. The molecule has 248 valence electrons. The summed E-state index contributed by atoms with van der Waals surface area (Å²) in [5.74, 6) is -0.560. The Hall–Kier alpha value is -3.83. The molecule has 2 aromatic carbocycles. The molecule has 8 rings (SSSR count). The van der Waals surface area contributed by atoms with Crippen molar-refractivity contribution in [3.05, 3.63) is 51.4 Å². The highest BCUT2D eigenvalue weighted by atomic mass is 35.5. The zero-order chi connectivity index (χ0) is 33.5. The molecule has 2 saturated heterocycles. The molecule has 0 spiro atoms. The van der Waals surface area contributed by atoms with Gasteiger partial charge in [0, 0.05) is 28.8 Å². The number of nitriles is 1. The number of rotatable bonds is 6. The van der Waals surface area contributed by atoms with Crippen LogP contribution in [-0.2, 0) is 0 Å². The number of halogens is 4. The van der Waals surface area contributed by atoms with Gasteiger partial charge in [0.05, 0.1) is 37.8 Å². The quantitative estimate of drug-likeness (QED) is 0.187. The fourth-order valence-corrected chi connectivity index (χ4v) is 9.70. The summed E-state index contributed by atoms with van der Waals surface area (Å²) in [4.78, 5) is 14.7. The van der Waals surface area contributed by atoms with Crippen LogP contribution in [0, 0.1) is 23.0 Å². The topological polar surface area (TPSA) is 101 Å². The van der Waals surface area contributed by atoms with Crippen LogP contribution in [0.4, 0.5) is 29.0 Å². The van der Waals surface area contributed by atoms with E-state index in [1.807, 2.05) is 17.0 Å². The smallest absolute Gasteiger partial charge is 0.319 e. The maximum absolute atomic E-state index is 17.2. The normalized spacial score (nSPS) is 20.8. The zero-order valence-corrected chi connectivity index (χ0v) is 28.5. The van der Waals surface area contributed by atoms with Gasteiger partial charge in [-0.05, 0) is 49.1 Å². The van der Waals surface area contributed by atoms with Crippen molar-refractivity contribution >= 4 is 71.1 Å². The fourth-order valence-electron chi connectivity index (χ4n) is 7.38. The molecule has 3 aliphatic heterocycles. The van der Waals surface area contributed by atoms with Crippen molar-refractivity contribution in [2.24, 2.45) is 0 Å². The summed E-state index contributed by atoms with van der Waals surface area (Å²) in [6, 6.07) is 8.62. The Morgan fingerprint density at radius 1 is 1.19 bits per heavy atom. The van der Waals surface area contributed by atoms with E-state index in [4.69, 9.17) is 31.8 Å². The van der Waals surface area contributed by atoms with Crippen molar-refractivity contribution < 1.29 is 22.6 Å². The van der Waals surface area contributed by atoms with Crippen LogP contribution in [0.5, 0.6) is 11.8 Å². The fraction of sp³-hybridized carbons (Fsp3) is 0.382. The summed E-state index contributed by atoms with van der Waals surface area (Å²) in [6.07, 6.45) is 1.13. The highest BCUT2D eigenvalue weighted by Gasteiger charge is 2.49. The summed E-state index contributed by atoms with van der Waals surface area (Å²) < 4.78 is 59.4. The van der Waals surface area contributed by atoms with Gasteiger partial charge < -0.3 is 20.1 Å². The number of thiophene rings is 2. The first-order valence-electron chi connectivity index (χ1n) is 15.8. The second-order valence-electron chi connectivity index (χ2n) is 12.8. The lowest BCUT2D eigenvalue weighted by Crippen LogP contribution is -2.43. The summed E-state index contributed by atoms with van der Waals surface area (Å²) in [7, 11) is 0. The van der Waals surface area contributed by atoms with Gasteiger partial charge in [-0.1, -0.05) is 31.5 Å². The van der Waals surface area contributed by atoms with E-state index in [0.29, 0.717) is 31.2 Å². The highest BCUT2D eigenvalue weighted by Crippen LogP contribution is 2.52. The van der Waals surface area contributed by atoms with Crippen LogP contribution in [0.1, 0.15) is 49.5 Å². The molecule has 3 aromatic heterocycles. The third-order valence-electron chi connectivity index (χ3n) is 9.64. The van der Waals surface area contributed by atoms with Crippen LogP contribution in [-0.4, -0.2) is 59.4 Å². The Labute approximate surface area is 287 Å². The molecule has 8 nitrogen and oxygen atoms in total. The second-order valence-corrected chi connectivity index (χ2v) is 15.4. The van der Waals surface area contributed by atoms with E-state index in [1.54, 1.807) is 11.3 Å². The lowest BCUT2D eigenvalue weighted by Gasteiger charge is -2.31. The van der Waals surface area contributed by atoms with Crippen molar-refractivity contribution in [2.75, 3.05) is 43.5 Å². The molecular weight excluding hydrogens is 681 g/mol. The standard InChI is InChI=1S/C34H30ClF3N6O2S2/c1-16(2)21-6-7-22(47-21)44-10-11-45-29-25-28(41-33(42-32(25)44)46-15-34-8-3-9-43(34)14-17(36)12-34)27(38)24(26(29)35)18-4-5-20(37)30-23(18)19(13-39)31(40)48-30/h4-7,16-17H,3,8-12,14-15,40H2,1-2H3/t17-,34?/m1/s1. The molecule has 0 radical (unpaired) electrons. The minimum atomic E-state index is -0.945. The minimum absolute atomic E-state index is 0.0344. The van der Waals surface area contributed by atoms with E-state index in [0.717, 1.165) is 35.7 Å². The highest BCUT2D eigenvalue weighted by molar-refractivity contribution is 7.23. The summed E-state index contributed by atoms with van der Waals surface area (Å²) in [6.45, 7) is 6.09. The van der Waals surface area contributed by atoms with Crippen LogP contribution in [0.25, 0.3) is 32.1 Å². The first-order chi connectivity index (χ1) is 23.1. The van der Waals surface area contributed by atoms with Gasteiger partial charge in [-0.3, -0.25) is 4.90 Å². The number of fused-ring (bicyclic) bond motifs is 2. The number of aromatic nitrogens is 2. The number of hydrogen-bond acceptors (Lipinski definition) is 10. The monoisotopic (exact) mass is 710 g/mol. The second kappa shape index (κ2) is 11.7. The SMILES string of the molecule is CC(C)c1ccc(N2CCOc3c(Cl)c(-c4ccc(F)c5sc(N)c(C#N)c45)c(F)c4nc(OCC56CCCN5C[C@H](F)C6)nc2c34)s1. The largest absolute Gasteiger partial charge is 0.489 e. The predicted octanol–water partition coefficient (Wildman–Crippen LogP) is 8.57. The maximum Gasteiger partial charge on any atom is 0.319 e. The van der Waals surface area contributed by atoms with Crippen LogP contribution < -0.4 is 20.1 Å². The third-order valence-corrected chi connectivity index (χ3v) is 12.4. The molecule has 0 aliphatic carbocycles. The van der Waals surface area contributed by atoms with Gasteiger partial charge in [0.1, 0.15) is 41.8 Å². The molecule has 3 aliphatic rings. The molecule has 0 bridgehead atoms. The average Bonchev–Trinajstić information content (AvgIpc) is 3.81. The Kier molecular flexibility index (Phi) is 7.63. The van der Waals surface area contributed by atoms with Gasteiger partial charge in [-0.2, -0.15) is 15.2 Å². The molecule has 2 fully saturated rings. The lowest BCUT2D eigenvalue weighted by molar-refractivity contribution is 0.107. The van der Waals surface area contributed by atoms with E-state index in [2.05, 4.69) is 29.8 Å². The minimum Gasteiger partial charge on any atom is -0.489 e. The number of benzene rings is 2. The van der Waals surface area contributed by atoms with Gasteiger partial charge >= 0.3 is 6.01 Å². The summed E-state index contributed by atoms with van der Waals surface area (Å²) in [5, 5.41) is 11.3. The Bertz CT molecular complexity index is 2170. The molecule has 6 heterocycles. The van der Waals surface area contributed by atoms with Crippen molar-refractivity contribution in [1.82, 2.24) is 14.9 Å². The maximum atomic E-state index is 17.2. The first-order valence-corrected chi connectivity index (χ1v) is 17.8. The number of anilines is 3. The van der Waals surface area contributed by atoms with E-state index in [1.165, 1.54) is 17.0 Å². The molecule has 14 heteroatoms. The molecule has 0 saturated carbocycles. The number of nitrogens with zero attached hydrogens (tertiary/aromatic N) is 5. The number of hydrogen-bond donors (Lipinski definition) is 1. The van der Waals surface area contributed by atoms with Gasteiger partial charge in [-0.15, -0.1) is 22.7 Å². The van der Waals surface area contributed by atoms with Gasteiger partial charge in [-0.25, -0.2) is 13.2 Å². The average molecular weight is 711 g/mol.